The zero-order valence-electron chi connectivity index (χ0n) is 22.4. The van der Waals surface area contributed by atoms with Crippen molar-refractivity contribution in [2.45, 2.75) is 70.9 Å². The van der Waals surface area contributed by atoms with E-state index < -0.39 is 0 Å². The van der Waals surface area contributed by atoms with Crippen LogP contribution in [0.2, 0.25) is 0 Å². The van der Waals surface area contributed by atoms with E-state index in [1.807, 2.05) is 48.5 Å². The SMILES string of the molecule is O=C1NCCCCCCNC(=O)Sc2cccc(c2)SC(=O)NCCCCCCNC(=O)Sc2cccc(c2)S1. The summed E-state index contributed by atoms with van der Waals surface area (Å²) in [4.78, 5) is 52.4. The fourth-order valence-corrected chi connectivity index (χ4v) is 6.78. The van der Waals surface area contributed by atoms with E-state index in [1.165, 1.54) is 0 Å². The largest absolute Gasteiger partial charge is 0.347 e. The molecule has 0 saturated carbocycles. The van der Waals surface area contributed by atoms with Gasteiger partial charge in [0.15, 0.2) is 0 Å². The highest BCUT2D eigenvalue weighted by atomic mass is 32.2. The minimum Gasteiger partial charge on any atom is -0.347 e. The molecule has 2 aromatic rings. The van der Waals surface area contributed by atoms with E-state index in [0.717, 1.165) is 118 Å². The van der Waals surface area contributed by atoms with Crippen molar-refractivity contribution < 1.29 is 19.2 Å². The highest BCUT2D eigenvalue weighted by Crippen LogP contribution is 2.27. The smallest absolute Gasteiger partial charge is 0.283 e. The number of benzene rings is 2. The molecule has 4 amide bonds. The summed E-state index contributed by atoms with van der Waals surface area (Å²) in [5.74, 6) is 0. The standard InChI is InChI=1S/C28H36N4O4S4/c33-25-29-15-5-1-2-6-16-30-26(34)38-22-12-10-14-24(20-22)40-28(36)32-18-8-4-3-7-17-31-27(35)39-23-13-9-11-21(19-23)37-25/h9-14,19-20H,1-8,15-18H2,(H,29,33)(H,30,34)(H,31,35)(H,32,36). The molecule has 8 nitrogen and oxygen atoms in total. The molecule has 40 heavy (non-hydrogen) atoms. The Morgan fingerprint density at radius 1 is 0.400 bits per heavy atom. The van der Waals surface area contributed by atoms with Gasteiger partial charge in [-0.1, -0.05) is 37.8 Å². The minimum absolute atomic E-state index is 0.113. The summed E-state index contributed by atoms with van der Waals surface area (Å²) in [6, 6.07) is 14.8. The maximum atomic E-state index is 12.3. The van der Waals surface area contributed by atoms with Crippen LogP contribution in [0, 0.1) is 0 Å². The first kappa shape index (κ1) is 32.2. The lowest BCUT2D eigenvalue weighted by Crippen LogP contribution is -2.21. The Balaban J connectivity index is 1.49. The average molecular weight is 621 g/mol. The molecule has 3 rings (SSSR count). The molecule has 0 saturated heterocycles. The van der Waals surface area contributed by atoms with Gasteiger partial charge in [0.05, 0.1) is 0 Å². The third-order valence-electron chi connectivity index (χ3n) is 5.74. The number of nitrogens with one attached hydrogen (secondary N) is 4. The predicted molar refractivity (Wildman–Crippen MR) is 167 cm³/mol. The number of carbonyl (C=O) groups is 4. The highest BCUT2D eigenvalue weighted by Gasteiger charge is 2.10. The van der Waals surface area contributed by atoms with E-state index in [1.54, 1.807) is 0 Å². The summed E-state index contributed by atoms with van der Waals surface area (Å²) in [5.41, 5.74) is 0. The average Bonchev–Trinajstić information content (AvgIpc) is 2.91. The summed E-state index contributed by atoms with van der Waals surface area (Å²) in [6.45, 7) is 2.38. The second-order valence-electron chi connectivity index (χ2n) is 9.04. The Morgan fingerprint density at radius 2 is 0.650 bits per heavy atom. The topological polar surface area (TPSA) is 116 Å². The van der Waals surface area contributed by atoms with Gasteiger partial charge < -0.3 is 21.3 Å². The van der Waals surface area contributed by atoms with Crippen molar-refractivity contribution in [1.29, 1.82) is 0 Å². The van der Waals surface area contributed by atoms with E-state index in [9.17, 15) is 19.2 Å². The molecule has 0 atom stereocenters. The van der Waals surface area contributed by atoms with Crippen LogP contribution in [0.3, 0.4) is 0 Å². The lowest BCUT2D eigenvalue weighted by Gasteiger charge is -2.08. The zero-order valence-corrected chi connectivity index (χ0v) is 25.6. The number of thioether (sulfide) groups is 4. The summed E-state index contributed by atoms with van der Waals surface area (Å²) in [6.07, 6.45) is 7.28. The Hall–Kier alpha value is -2.28. The van der Waals surface area contributed by atoms with Crippen LogP contribution in [-0.4, -0.2) is 47.1 Å². The van der Waals surface area contributed by atoms with Crippen molar-refractivity contribution >= 4 is 68.0 Å². The van der Waals surface area contributed by atoms with Crippen LogP contribution in [0.5, 0.6) is 0 Å². The van der Waals surface area contributed by atoms with Crippen LogP contribution in [-0.2, 0) is 0 Å². The Kier molecular flexibility index (Phi) is 15.3. The van der Waals surface area contributed by atoms with Gasteiger partial charge in [0.25, 0.3) is 21.0 Å². The molecule has 0 unspecified atom stereocenters. The van der Waals surface area contributed by atoms with Crippen LogP contribution < -0.4 is 21.3 Å². The van der Waals surface area contributed by atoms with E-state index in [-0.39, 0.29) is 21.0 Å². The zero-order chi connectivity index (χ0) is 28.4. The minimum atomic E-state index is -0.113. The summed E-state index contributed by atoms with van der Waals surface area (Å²) in [5, 5.41) is 11.3. The lowest BCUT2D eigenvalue weighted by atomic mass is 10.2. The van der Waals surface area contributed by atoms with Crippen molar-refractivity contribution in [1.82, 2.24) is 21.3 Å². The summed E-state index contributed by atoms with van der Waals surface area (Å²) in [7, 11) is 0. The Morgan fingerprint density at radius 3 is 0.900 bits per heavy atom. The number of fused-ring (bicyclic) bond motifs is 4. The fraction of sp³-hybridized carbons (Fsp3) is 0.429. The monoisotopic (exact) mass is 620 g/mol. The van der Waals surface area contributed by atoms with Gasteiger partial charge in [0.1, 0.15) is 0 Å². The third-order valence-corrected chi connectivity index (χ3v) is 9.02. The Bertz CT molecular complexity index is 969. The molecule has 4 N–H and O–H groups in total. The van der Waals surface area contributed by atoms with Gasteiger partial charge in [-0.25, -0.2) is 0 Å². The van der Waals surface area contributed by atoms with Crippen LogP contribution in [0.25, 0.3) is 0 Å². The molecule has 0 radical (unpaired) electrons. The molecule has 1 heterocycles. The van der Waals surface area contributed by atoms with E-state index in [2.05, 4.69) is 21.3 Å². The first-order valence-electron chi connectivity index (χ1n) is 13.5. The van der Waals surface area contributed by atoms with Gasteiger partial charge in [0, 0.05) is 45.8 Å². The van der Waals surface area contributed by atoms with Crippen LogP contribution in [0.1, 0.15) is 51.4 Å². The lowest BCUT2D eigenvalue weighted by molar-refractivity contribution is 0.259. The first-order valence-corrected chi connectivity index (χ1v) is 16.8. The molecule has 0 aliphatic carbocycles. The van der Waals surface area contributed by atoms with Crippen molar-refractivity contribution in [3.8, 4) is 0 Å². The van der Waals surface area contributed by atoms with Crippen molar-refractivity contribution in [2.24, 2.45) is 0 Å². The molecule has 216 valence electrons. The van der Waals surface area contributed by atoms with E-state index in [4.69, 9.17) is 0 Å². The fourth-order valence-electron chi connectivity index (χ4n) is 3.74. The molecule has 1 aliphatic heterocycles. The van der Waals surface area contributed by atoms with Gasteiger partial charge in [-0.05, 0) is 109 Å². The molecule has 0 spiro atoms. The van der Waals surface area contributed by atoms with Gasteiger partial charge in [-0.3, -0.25) is 19.2 Å². The van der Waals surface area contributed by atoms with E-state index in [0.29, 0.717) is 26.2 Å². The van der Waals surface area contributed by atoms with Gasteiger partial charge in [0.2, 0.25) is 0 Å². The van der Waals surface area contributed by atoms with Gasteiger partial charge >= 0.3 is 0 Å². The molecule has 12 heteroatoms. The molecule has 4 bridgehead atoms. The quantitative estimate of drug-likeness (QED) is 0.237. The highest BCUT2D eigenvalue weighted by molar-refractivity contribution is 8.14. The number of rotatable bonds is 0. The van der Waals surface area contributed by atoms with Crippen molar-refractivity contribution in [3.63, 3.8) is 0 Å². The second kappa shape index (κ2) is 19.0. The summed E-state index contributed by atoms with van der Waals surface area (Å²) < 4.78 is 0. The van der Waals surface area contributed by atoms with Crippen molar-refractivity contribution in [2.75, 3.05) is 26.2 Å². The predicted octanol–water partition coefficient (Wildman–Crippen LogP) is 7.73. The van der Waals surface area contributed by atoms with E-state index >= 15 is 0 Å². The normalized spacial score (nSPS) is 18.4. The van der Waals surface area contributed by atoms with Crippen LogP contribution in [0.4, 0.5) is 19.2 Å². The molecule has 1 aliphatic rings. The summed E-state index contributed by atoms with van der Waals surface area (Å²) >= 11 is 4.50. The second-order valence-corrected chi connectivity index (χ2v) is 13.2. The number of carbonyl (C=O) groups excluding carboxylic acids is 4. The number of hydrogen-bond acceptors (Lipinski definition) is 8. The molecule has 0 fully saturated rings. The first-order chi connectivity index (χ1) is 19.5. The molecular weight excluding hydrogens is 585 g/mol. The van der Waals surface area contributed by atoms with Gasteiger partial charge in [-0.2, -0.15) is 0 Å². The maximum absolute atomic E-state index is 12.3. The number of hydrogen-bond donors (Lipinski definition) is 4. The molecule has 0 aromatic heterocycles. The maximum Gasteiger partial charge on any atom is 0.283 e. The van der Waals surface area contributed by atoms with Crippen LogP contribution >= 0.6 is 47.0 Å². The molecule has 2 aromatic carbocycles. The Labute approximate surface area is 253 Å². The third kappa shape index (κ3) is 13.9. The molecular formula is C28H36N4O4S4. The van der Waals surface area contributed by atoms with Gasteiger partial charge in [-0.15, -0.1) is 0 Å². The van der Waals surface area contributed by atoms with Crippen LogP contribution in [0.15, 0.2) is 68.1 Å². The number of amides is 4. The van der Waals surface area contributed by atoms with Crippen molar-refractivity contribution in [3.05, 3.63) is 48.5 Å².